The molecule has 3 aliphatic rings. The number of ether oxygens (including phenoxy) is 1. The third-order valence-electron chi connectivity index (χ3n) is 10.1. The van der Waals surface area contributed by atoms with E-state index < -0.39 is 5.41 Å². The first-order chi connectivity index (χ1) is 21.2. The van der Waals surface area contributed by atoms with Crippen LogP contribution in [0.2, 0.25) is 0 Å². The van der Waals surface area contributed by atoms with E-state index in [0.29, 0.717) is 23.3 Å². The van der Waals surface area contributed by atoms with Gasteiger partial charge in [0.2, 0.25) is 5.91 Å². The van der Waals surface area contributed by atoms with E-state index in [9.17, 15) is 9.59 Å². The van der Waals surface area contributed by atoms with E-state index in [1.807, 2.05) is 6.07 Å². The number of likely N-dealkylation sites (N-methyl/N-ethyl adjacent to an activating group) is 1. The number of benzene rings is 2. The van der Waals surface area contributed by atoms with Gasteiger partial charge in [-0.3, -0.25) is 14.3 Å². The van der Waals surface area contributed by atoms with Crippen LogP contribution in [0.1, 0.15) is 93.1 Å². The summed E-state index contributed by atoms with van der Waals surface area (Å²) in [5, 5.41) is 1.51. The van der Waals surface area contributed by atoms with Crippen molar-refractivity contribution in [2.45, 2.75) is 83.4 Å². The highest BCUT2D eigenvalue weighted by Crippen LogP contribution is 2.66. The summed E-state index contributed by atoms with van der Waals surface area (Å²) in [5.41, 5.74) is 6.28. The minimum absolute atomic E-state index is 0.0763. The molecule has 2 unspecified atom stereocenters. The molecule has 0 radical (unpaired) electrons. The number of carbonyl (C=O) groups is 2. The van der Waals surface area contributed by atoms with Gasteiger partial charge in [0.15, 0.2) is 0 Å². The summed E-state index contributed by atoms with van der Waals surface area (Å²) >= 11 is 1.44. The molecule has 1 aliphatic carbocycles. The van der Waals surface area contributed by atoms with Crippen molar-refractivity contribution in [1.29, 1.82) is 0 Å². The normalized spacial score (nSPS) is 21.2. The van der Waals surface area contributed by atoms with Gasteiger partial charge in [-0.05, 0) is 85.6 Å². The first-order valence-corrected chi connectivity index (χ1v) is 17.4. The van der Waals surface area contributed by atoms with Gasteiger partial charge in [0, 0.05) is 65.9 Å². The van der Waals surface area contributed by atoms with Crippen LogP contribution < -0.4 is 9.46 Å². The van der Waals surface area contributed by atoms with E-state index in [2.05, 4.69) is 84.2 Å². The van der Waals surface area contributed by atoms with Crippen LogP contribution in [0.4, 0.5) is 0 Å². The van der Waals surface area contributed by atoms with E-state index >= 15 is 0 Å². The zero-order valence-electron chi connectivity index (χ0n) is 27.2. The van der Waals surface area contributed by atoms with E-state index in [-0.39, 0.29) is 17.7 Å². The van der Waals surface area contributed by atoms with E-state index in [4.69, 9.17) is 4.74 Å². The number of aromatic nitrogens is 1. The van der Waals surface area contributed by atoms with Gasteiger partial charge < -0.3 is 19.1 Å². The zero-order valence-corrected chi connectivity index (χ0v) is 28.1. The average Bonchev–Trinajstić information content (AvgIpc) is 3.69. The van der Waals surface area contributed by atoms with Gasteiger partial charge >= 0.3 is 0 Å². The number of hydrogen-bond acceptors (Lipinski definition) is 5. The summed E-state index contributed by atoms with van der Waals surface area (Å²) in [4.78, 5) is 32.3. The maximum absolute atomic E-state index is 14.6. The Morgan fingerprint density at radius 2 is 1.77 bits per heavy atom. The van der Waals surface area contributed by atoms with Crippen LogP contribution in [0.15, 0.2) is 36.4 Å². The second kappa shape index (κ2) is 12.4. The highest BCUT2D eigenvalue weighted by molar-refractivity contribution is 7.98. The second-order valence-corrected chi connectivity index (χ2v) is 14.8. The lowest BCUT2D eigenvalue weighted by atomic mass is 9.85. The number of nitrogens with one attached hydrogen (secondary N) is 1. The van der Waals surface area contributed by atoms with Gasteiger partial charge in [0.1, 0.15) is 5.75 Å². The Bertz CT molecular complexity index is 1550. The fourth-order valence-electron chi connectivity index (χ4n) is 7.72. The van der Waals surface area contributed by atoms with Crippen molar-refractivity contribution in [2.75, 3.05) is 40.3 Å². The highest BCUT2D eigenvalue weighted by Gasteiger charge is 2.64. The Morgan fingerprint density at radius 1 is 1.05 bits per heavy atom. The molecule has 2 aromatic carbocycles. The SMILES string of the molecule is CCCC(CCC)c1c2n(c3cc(C(=O)NSC(C)C)ccc13)CC1(C(=O)N3CCN(C)CC3)CC1c1cc(OC)ccc1-2. The number of fused-ring (bicyclic) bond motifs is 7. The number of methoxy groups -OCH3 is 1. The standard InChI is InChI=1S/C36H48N4O3S/c1-7-9-24(10-8-2)32-28-13-11-25(34(41)37-44-23(3)4)19-31(28)40-22-36(35(42)39-17-15-38(5)16-18-39)21-30(36)29-20-26(43-6)12-14-27(29)33(32)40/h11-14,19-20,23-24,30H,7-10,15-18,21-22H2,1-6H3,(H,37,41). The number of carbonyl (C=O) groups excluding carboxylic acids is 2. The molecule has 3 aromatic rings. The summed E-state index contributed by atoms with van der Waals surface area (Å²) in [7, 11) is 3.85. The molecule has 0 bridgehead atoms. The first-order valence-electron chi connectivity index (χ1n) is 16.5. The molecule has 1 saturated carbocycles. The van der Waals surface area contributed by atoms with Gasteiger partial charge in [-0.25, -0.2) is 0 Å². The number of rotatable bonds is 10. The van der Waals surface area contributed by atoms with Gasteiger partial charge in [-0.2, -0.15) is 0 Å². The number of nitrogens with zero attached hydrogens (tertiary/aromatic N) is 3. The van der Waals surface area contributed by atoms with E-state index in [0.717, 1.165) is 69.5 Å². The molecule has 2 atom stereocenters. The molecule has 2 fully saturated rings. The fraction of sp³-hybridized carbons (Fsp3) is 0.556. The molecule has 1 saturated heterocycles. The Balaban J connectivity index is 1.57. The van der Waals surface area contributed by atoms with Crippen molar-refractivity contribution in [2.24, 2.45) is 5.41 Å². The Morgan fingerprint density at radius 3 is 2.43 bits per heavy atom. The number of amides is 2. The molecule has 1 N–H and O–H groups in total. The van der Waals surface area contributed by atoms with Crippen LogP contribution in [-0.2, 0) is 11.3 Å². The summed E-state index contributed by atoms with van der Waals surface area (Å²) in [6.07, 6.45) is 5.26. The van der Waals surface area contributed by atoms with Crippen molar-refractivity contribution in [3.8, 4) is 17.0 Å². The molecular weight excluding hydrogens is 568 g/mol. The topological polar surface area (TPSA) is 66.8 Å². The zero-order chi connectivity index (χ0) is 31.2. The van der Waals surface area contributed by atoms with Crippen molar-refractivity contribution in [3.63, 3.8) is 0 Å². The van der Waals surface area contributed by atoms with Crippen molar-refractivity contribution < 1.29 is 14.3 Å². The molecule has 7 nitrogen and oxygen atoms in total. The molecule has 6 rings (SSSR count). The molecule has 0 spiro atoms. The molecule has 1 aromatic heterocycles. The Labute approximate surface area is 266 Å². The van der Waals surface area contributed by atoms with Crippen LogP contribution in [0.25, 0.3) is 22.2 Å². The maximum Gasteiger partial charge on any atom is 0.261 e. The lowest BCUT2D eigenvalue weighted by Gasteiger charge is -2.35. The highest BCUT2D eigenvalue weighted by atomic mass is 32.2. The fourth-order valence-corrected chi connectivity index (χ4v) is 8.18. The van der Waals surface area contributed by atoms with Crippen LogP contribution in [-0.4, -0.2) is 71.8 Å². The molecule has 2 aliphatic heterocycles. The van der Waals surface area contributed by atoms with Gasteiger partial charge in [0.25, 0.3) is 5.91 Å². The predicted molar refractivity (Wildman–Crippen MR) is 181 cm³/mol. The largest absolute Gasteiger partial charge is 0.497 e. The predicted octanol–water partition coefficient (Wildman–Crippen LogP) is 7.05. The van der Waals surface area contributed by atoms with E-state index in [1.165, 1.54) is 39.7 Å². The summed E-state index contributed by atoms with van der Waals surface area (Å²) < 4.78 is 11.2. The third kappa shape index (κ3) is 5.42. The first kappa shape index (κ1) is 31.0. The Hall–Kier alpha value is -2.97. The van der Waals surface area contributed by atoms with Crippen LogP contribution in [0.5, 0.6) is 5.75 Å². The van der Waals surface area contributed by atoms with Crippen molar-refractivity contribution >= 4 is 34.7 Å². The molecule has 3 heterocycles. The quantitative estimate of drug-likeness (QED) is 0.247. The molecule has 2 amide bonds. The Kier molecular flexibility index (Phi) is 8.77. The second-order valence-electron chi connectivity index (χ2n) is 13.4. The van der Waals surface area contributed by atoms with Crippen LogP contribution in [0.3, 0.4) is 0 Å². The lowest BCUT2D eigenvalue weighted by Crippen LogP contribution is -2.50. The number of piperazine rings is 1. The molecule has 44 heavy (non-hydrogen) atoms. The van der Waals surface area contributed by atoms with Crippen molar-refractivity contribution in [1.82, 2.24) is 19.1 Å². The van der Waals surface area contributed by atoms with Crippen LogP contribution in [0, 0.1) is 5.41 Å². The van der Waals surface area contributed by atoms with Crippen molar-refractivity contribution in [3.05, 3.63) is 53.1 Å². The summed E-state index contributed by atoms with van der Waals surface area (Å²) in [6.45, 7) is 12.7. The van der Waals surface area contributed by atoms with Gasteiger partial charge in [0.05, 0.1) is 18.2 Å². The van der Waals surface area contributed by atoms with Crippen LogP contribution >= 0.6 is 11.9 Å². The molecule has 8 heteroatoms. The lowest BCUT2D eigenvalue weighted by molar-refractivity contribution is -0.139. The van der Waals surface area contributed by atoms with E-state index in [1.54, 1.807) is 7.11 Å². The maximum atomic E-state index is 14.6. The third-order valence-corrected chi connectivity index (χ3v) is 10.8. The average molecular weight is 617 g/mol. The number of hydrogen-bond donors (Lipinski definition) is 1. The molecular formula is C36H48N4O3S. The minimum atomic E-state index is -0.498. The van der Waals surface area contributed by atoms with Gasteiger partial charge in [-0.15, -0.1) is 0 Å². The summed E-state index contributed by atoms with van der Waals surface area (Å²) in [5.74, 6) is 1.58. The van der Waals surface area contributed by atoms with Gasteiger partial charge in [-0.1, -0.05) is 46.6 Å². The summed E-state index contributed by atoms with van der Waals surface area (Å²) in [6, 6.07) is 12.7. The smallest absolute Gasteiger partial charge is 0.261 e. The molecule has 236 valence electrons. The monoisotopic (exact) mass is 616 g/mol. The minimum Gasteiger partial charge on any atom is -0.497 e.